The number of hydrogen-bond acceptors (Lipinski definition) is 5. The number of nitrogens with one attached hydrogen (secondary N) is 1. The van der Waals surface area contributed by atoms with E-state index in [1.165, 1.54) is 5.56 Å². The monoisotopic (exact) mass is 370 g/mol. The average Bonchev–Trinajstić information content (AvgIpc) is 2.92. The molecule has 1 aliphatic rings. The van der Waals surface area contributed by atoms with Crippen molar-refractivity contribution >= 4 is 40.4 Å². The molecule has 0 aliphatic carbocycles. The number of anilines is 2. The van der Waals surface area contributed by atoms with Gasteiger partial charge in [0.1, 0.15) is 0 Å². The van der Waals surface area contributed by atoms with E-state index in [9.17, 15) is 0 Å². The highest BCUT2D eigenvalue weighted by Crippen LogP contribution is 2.39. The lowest BCUT2D eigenvalue weighted by molar-refractivity contribution is -0.122. The highest BCUT2D eigenvalue weighted by atomic mass is 35.5. The van der Waals surface area contributed by atoms with Gasteiger partial charge in [0.05, 0.1) is 22.3 Å². The second-order valence-corrected chi connectivity index (χ2v) is 6.45. The topological polar surface area (TPSA) is 91.5 Å². The molecule has 0 saturated heterocycles. The molecule has 7 heteroatoms. The van der Waals surface area contributed by atoms with Crippen LogP contribution in [-0.2, 0) is 11.3 Å². The maximum Gasteiger partial charge on any atom is 0.290 e. The molecule has 0 radical (unpaired) electrons. The number of pyridine rings is 1. The molecule has 1 unspecified atom stereocenters. The predicted molar refractivity (Wildman–Crippen MR) is 104 cm³/mol. The van der Waals surface area contributed by atoms with Crippen LogP contribution in [0.3, 0.4) is 0 Å². The average molecular weight is 371 g/mol. The third-order valence-corrected chi connectivity index (χ3v) is 4.56. The van der Waals surface area contributed by atoms with Gasteiger partial charge in [0.25, 0.3) is 6.47 Å². The van der Waals surface area contributed by atoms with Crippen LogP contribution in [0.4, 0.5) is 11.4 Å². The molecule has 4 rings (SSSR count). The van der Waals surface area contributed by atoms with Crippen LogP contribution in [0.25, 0.3) is 10.9 Å². The number of benzene rings is 2. The first-order valence-electron chi connectivity index (χ1n) is 8.07. The number of carboxylic acid groups (broad SMARTS) is 1. The number of nitrogen functional groups attached to an aromatic ring is 1. The van der Waals surface area contributed by atoms with Gasteiger partial charge in [-0.1, -0.05) is 23.7 Å². The van der Waals surface area contributed by atoms with Crippen LogP contribution in [0.15, 0.2) is 48.7 Å². The van der Waals surface area contributed by atoms with Crippen molar-refractivity contribution in [3.63, 3.8) is 0 Å². The number of fused-ring (bicyclic) bond motifs is 2. The van der Waals surface area contributed by atoms with Crippen LogP contribution in [0.1, 0.15) is 24.1 Å². The Hall–Kier alpha value is -2.83. The molecule has 0 saturated carbocycles. The SMILES string of the molecule is CC1c2c(N)cccc2NN1Cc1ccc2ncc(Cl)cc2c1.O=CO. The molecule has 134 valence electrons. The van der Waals surface area contributed by atoms with Crippen LogP contribution < -0.4 is 11.2 Å². The summed E-state index contributed by atoms with van der Waals surface area (Å²) >= 11 is 6.04. The Morgan fingerprint density at radius 2 is 2.12 bits per heavy atom. The second kappa shape index (κ2) is 7.59. The molecular formula is C19H19ClN4O2. The summed E-state index contributed by atoms with van der Waals surface area (Å²) in [6.07, 6.45) is 1.67. The summed E-state index contributed by atoms with van der Waals surface area (Å²) in [5.74, 6) is 0. The molecule has 6 nitrogen and oxygen atoms in total. The van der Waals surface area contributed by atoms with E-state index in [-0.39, 0.29) is 12.5 Å². The fraction of sp³-hybridized carbons (Fsp3) is 0.158. The zero-order valence-electron chi connectivity index (χ0n) is 14.2. The summed E-state index contributed by atoms with van der Waals surface area (Å²) in [6.45, 7) is 2.69. The van der Waals surface area contributed by atoms with Crippen molar-refractivity contribution in [2.75, 3.05) is 11.2 Å². The molecule has 0 bridgehead atoms. The number of aromatic nitrogens is 1. The molecule has 0 fully saturated rings. The van der Waals surface area contributed by atoms with Gasteiger partial charge >= 0.3 is 0 Å². The number of nitrogens with two attached hydrogens (primary N) is 1. The Morgan fingerprint density at radius 3 is 2.85 bits per heavy atom. The summed E-state index contributed by atoms with van der Waals surface area (Å²) < 4.78 is 0. The summed E-state index contributed by atoms with van der Waals surface area (Å²) in [5, 5.41) is 10.8. The fourth-order valence-electron chi connectivity index (χ4n) is 3.18. The molecule has 4 N–H and O–H groups in total. The first-order valence-corrected chi connectivity index (χ1v) is 8.45. The lowest BCUT2D eigenvalue weighted by Gasteiger charge is -2.22. The highest BCUT2D eigenvalue weighted by molar-refractivity contribution is 6.31. The number of hydrazine groups is 1. The third kappa shape index (κ3) is 3.56. The van der Waals surface area contributed by atoms with Gasteiger partial charge in [-0.2, -0.15) is 0 Å². The van der Waals surface area contributed by atoms with Crippen LogP contribution in [0.5, 0.6) is 0 Å². The summed E-state index contributed by atoms with van der Waals surface area (Å²) in [5.41, 5.74) is 14.8. The molecule has 2 aromatic carbocycles. The van der Waals surface area contributed by atoms with E-state index < -0.39 is 0 Å². The molecular weight excluding hydrogens is 352 g/mol. The quantitative estimate of drug-likeness (QED) is 0.465. The van der Waals surface area contributed by atoms with E-state index in [0.717, 1.165) is 34.4 Å². The summed E-state index contributed by atoms with van der Waals surface area (Å²) in [6, 6.07) is 14.4. The maximum atomic E-state index is 8.36. The summed E-state index contributed by atoms with van der Waals surface area (Å²) in [7, 11) is 0. The van der Waals surface area contributed by atoms with Crippen molar-refractivity contribution in [2.24, 2.45) is 0 Å². The van der Waals surface area contributed by atoms with Gasteiger partial charge in [-0.15, -0.1) is 0 Å². The molecule has 2 heterocycles. The van der Waals surface area contributed by atoms with Crippen molar-refractivity contribution < 1.29 is 9.90 Å². The van der Waals surface area contributed by atoms with E-state index in [1.54, 1.807) is 6.20 Å². The second-order valence-electron chi connectivity index (χ2n) is 6.01. The molecule has 0 spiro atoms. The Balaban J connectivity index is 0.000000613. The molecule has 1 aliphatic heterocycles. The molecule has 3 aromatic rings. The normalized spacial score (nSPS) is 15.7. The molecule has 1 atom stereocenters. The Bertz CT molecular complexity index is 948. The smallest absolute Gasteiger partial charge is 0.290 e. The van der Waals surface area contributed by atoms with Gasteiger partial charge < -0.3 is 16.3 Å². The molecule has 1 aromatic heterocycles. The standard InChI is InChI=1S/C18H17ClN4.CH2O2/c1-11-18-15(20)3-2-4-17(18)22-23(11)10-12-5-6-16-13(7-12)8-14(19)9-21-16;2-1-3/h2-9,11,22H,10,20H2,1H3;1H,(H,2,3). The van der Waals surface area contributed by atoms with Gasteiger partial charge in [-0.25, -0.2) is 5.01 Å². The minimum atomic E-state index is -0.250. The fourth-order valence-corrected chi connectivity index (χ4v) is 3.35. The number of nitrogens with zero attached hydrogens (tertiary/aromatic N) is 2. The Morgan fingerprint density at radius 1 is 1.35 bits per heavy atom. The van der Waals surface area contributed by atoms with Crippen molar-refractivity contribution in [1.82, 2.24) is 9.99 Å². The van der Waals surface area contributed by atoms with E-state index in [1.807, 2.05) is 24.3 Å². The Labute approximate surface area is 156 Å². The minimum absolute atomic E-state index is 0.222. The van der Waals surface area contributed by atoms with E-state index in [2.05, 4.69) is 40.5 Å². The van der Waals surface area contributed by atoms with Crippen LogP contribution in [0.2, 0.25) is 5.02 Å². The zero-order chi connectivity index (χ0) is 18.7. The third-order valence-electron chi connectivity index (χ3n) is 4.35. The van der Waals surface area contributed by atoms with Crippen molar-refractivity contribution in [3.05, 3.63) is 64.8 Å². The predicted octanol–water partition coefficient (Wildman–Crippen LogP) is 4.07. The van der Waals surface area contributed by atoms with E-state index in [0.29, 0.717) is 5.02 Å². The Kier molecular flexibility index (Phi) is 5.25. The first-order chi connectivity index (χ1) is 12.5. The van der Waals surface area contributed by atoms with Crippen molar-refractivity contribution in [3.8, 4) is 0 Å². The largest absolute Gasteiger partial charge is 0.483 e. The van der Waals surface area contributed by atoms with E-state index in [4.69, 9.17) is 27.2 Å². The van der Waals surface area contributed by atoms with E-state index >= 15 is 0 Å². The summed E-state index contributed by atoms with van der Waals surface area (Å²) in [4.78, 5) is 12.7. The van der Waals surface area contributed by atoms with Gasteiger partial charge in [0.15, 0.2) is 0 Å². The van der Waals surface area contributed by atoms with Crippen molar-refractivity contribution in [2.45, 2.75) is 19.5 Å². The van der Waals surface area contributed by atoms with Crippen LogP contribution in [-0.4, -0.2) is 21.6 Å². The molecule has 0 amide bonds. The number of carbonyl (C=O) groups is 1. The van der Waals surface area contributed by atoms with Gasteiger partial charge in [-0.05, 0) is 42.8 Å². The number of hydrogen-bond donors (Lipinski definition) is 3. The number of halogens is 1. The lowest BCUT2D eigenvalue weighted by atomic mass is 10.1. The highest BCUT2D eigenvalue weighted by Gasteiger charge is 2.28. The van der Waals surface area contributed by atoms with Crippen molar-refractivity contribution in [1.29, 1.82) is 0 Å². The zero-order valence-corrected chi connectivity index (χ0v) is 14.9. The lowest BCUT2D eigenvalue weighted by Crippen LogP contribution is -2.26. The van der Waals surface area contributed by atoms with Gasteiger partial charge in [-0.3, -0.25) is 9.78 Å². The number of rotatable bonds is 2. The van der Waals surface area contributed by atoms with Gasteiger partial charge in [0, 0.05) is 29.4 Å². The first kappa shape index (κ1) is 18.0. The molecule has 26 heavy (non-hydrogen) atoms. The van der Waals surface area contributed by atoms with Gasteiger partial charge in [0.2, 0.25) is 0 Å². The minimum Gasteiger partial charge on any atom is -0.483 e. The van der Waals surface area contributed by atoms with Crippen LogP contribution in [0, 0.1) is 0 Å². The van der Waals surface area contributed by atoms with Crippen LogP contribution >= 0.6 is 11.6 Å². The maximum absolute atomic E-state index is 8.36.